The standard InChI is InChI=1S/C16H13FN2O3/c1-8-5-3-4-6-12(8)18-14-11(16(20)21)7-10-9(2)22-19-15(10)13(14)17/h3-7,18H,1-2H3,(H,20,21). The van der Waals surface area contributed by atoms with Crippen molar-refractivity contribution in [2.24, 2.45) is 0 Å². The van der Waals surface area contributed by atoms with Gasteiger partial charge in [-0.15, -0.1) is 0 Å². The first-order valence-electron chi connectivity index (χ1n) is 6.63. The second kappa shape index (κ2) is 5.14. The summed E-state index contributed by atoms with van der Waals surface area (Å²) in [6.45, 7) is 3.45. The van der Waals surface area contributed by atoms with Crippen LogP contribution in [-0.2, 0) is 0 Å². The Labute approximate surface area is 125 Å². The molecule has 0 spiro atoms. The zero-order valence-corrected chi connectivity index (χ0v) is 12.0. The van der Waals surface area contributed by atoms with E-state index in [4.69, 9.17) is 4.52 Å². The number of anilines is 2. The lowest BCUT2D eigenvalue weighted by Crippen LogP contribution is -2.06. The molecule has 0 amide bonds. The Balaban J connectivity index is 2.23. The molecule has 1 heterocycles. The predicted molar refractivity (Wildman–Crippen MR) is 80.1 cm³/mol. The van der Waals surface area contributed by atoms with Gasteiger partial charge in [-0.05, 0) is 31.5 Å². The summed E-state index contributed by atoms with van der Waals surface area (Å²) in [4.78, 5) is 11.5. The van der Waals surface area contributed by atoms with Crippen molar-refractivity contribution in [1.82, 2.24) is 5.16 Å². The van der Waals surface area contributed by atoms with E-state index in [0.29, 0.717) is 16.8 Å². The van der Waals surface area contributed by atoms with Crippen molar-refractivity contribution in [3.05, 3.63) is 53.0 Å². The highest BCUT2D eigenvalue weighted by molar-refractivity contribution is 6.01. The molecule has 0 fully saturated rings. The van der Waals surface area contributed by atoms with Crippen LogP contribution in [0.3, 0.4) is 0 Å². The van der Waals surface area contributed by atoms with Gasteiger partial charge in [0.25, 0.3) is 0 Å². The van der Waals surface area contributed by atoms with Crippen molar-refractivity contribution in [3.8, 4) is 0 Å². The van der Waals surface area contributed by atoms with Crippen molar-refractivity contribution >= 4 is 28.2 Å². The molecular formula is C16H13FN2O3. The number of rotatable bonds is 3. The third-order valence-electron chi connectivity index (χ3n) is 3.53. The summed E-state index contributed by atoms with van der Waals surface area (Å²) in [5.74, 6) is -1.59. The topological polar surface area (TPSA) is 75.4 Å². The minimum Gasteiger partial charge on any atom is -0.478 e. The van der Waals surface area contributed by atoms with Crippen molar-refractivity contribution in [2.75, 3.05) is 5.32 Å². The Bertz CT molecular complexity index is 886. The van der Waals surface area contributed by atoms with Crippen LogP contribution in [0.1, 0.15) is 21.7 Å². The van der Waals surface area contributed by atoms with Crippen molar-refractivity contribution < 1.29 is 18.8 Å². The number of aromatic carboxylic acids is 1. The molecule has 1 aromatic heterocycles. The molecule has 0 aliphatic carbocycles. The number of aromatic nitrogens is 1. The lowest BCUT2D eigenvalue weighted by molar-refractivity contribution is 0.0697. The van der Waals surface area contributed by atoms with Crippen LogP contribution in [0.5, 0.6) is 0 Å². The van der Waals surface area contributed by atoms with E-state index in [1.165, 1.54) is 6.07 Å². The number of aryl methyl sites for hydroxylation is 2. The van der Waals surface area contributed by atoms with E-state index in [0.717, 1.165) is 5.56 Å². The maximum absolute atomic E-state index is 14.7. The summed E-state index contributed by atoms with van der Waals surface area (Å²) in [6, 6.07) is 8.59. The van der Waals surface area contributed by atoms with Crippen molar-refractivity contribution in [1.29, 1.82) is 0 Å². The minimum absolute atomic E-state index is 0.0126. The number of carboxylic acids is 1. The van der Waals surface area contributed by atoms with E-state index in [9.17, 15) is 14.3 Å². The fourth-order valence-electron chi connectivity index (χ4n) is 2.30. The summed E-state index contributed by atoms with van der Waals surface area (Å²) < 4.78 is 19.6. The first-order valence-corrected chi connectivity index (χ1v) is 6.63. The zero-order chi connectivity index (χ0) is 15.9. The van der Waals surface area contributed by atoms with Gasteiger partial charge < -0.3 is 14.9 Å². The van der Waals surface area contributed by atoms with Crippen LogP contribution in [0.2, 0.25) is 0 Å². The third kappa shape index (κ3) is 2.18. The van der Waals surface area contributed by atoms with Crippen LogP contribution in [-0.4, -0.2) is 16.2 Å². The highest BCUT2D eigenvalue weighted by Crippen LogP contribution is 2.33. The molecule has 3 rings (SSSR count). The maximum atomic E-state index is 14.7. The monoisotopic (exact) mass is 300 g/mol. The quantitative estimate of drug-likeness (QED) is 0.764. The van der Waals surface area contributed by atoms with Crippen LogP contribution < -0.4 is 5.32 Å². The number of hydrogen-bond donors (Lipinski definition) is 2. The van der Waals surface area contributed by atoms with Gasteiger partial charge >= 0.3 is 5.97 Å². The van der Waals surface area contributed by atoms with Gasteiger partial charge in [0.2, 0.25) is 0 Å². The highest BCUT2D eigenvalue weighted by Gasteiger charge is 2.22. The van der Waals surface area contributed by atoms with Gasteiger partial charge in [-0.2, -0.15) is 0 Å². The third-order valence-corrected chi connectivity index (χ3v) is 3.53. The summed E-state index contributed by atoms with van der Waals surface area (Å²) in [5, 5.41) is 16.2. The highest BCUT2D eigenvalue weighted by atomic mass is 19.1. The minimum atomic E-state index is -1.22. The normalized spacial score (nSPS) is 10.9. The number of carboxylic acid groups (broad SMARTS) is 1. The molecule has 22 heavy (non-hydrogen) atoms. The summed E-state index contributed by atoms with van der Waals surface area (Å²) in [6.07, 6.45) is 0. The molecule has 0 radical (unpaired) electrons. The van der Waals surface area contributed by atoms with Gasteiger partial charge in [-0.1, -0.05) is 23.4 Å². The smallest absolute Gasteiger partial charge is 0.337 e. The molecule has 3 aromatic rings. The van der Waals surface area contributed by atoms with Gasteiger partial charge in [-0.3, -0.25) is 0 Å². The van der Waals surface area contributed by atoms with Crippen molar-refractivity contribution in [3.63, 3.8) is 0 Å². The number of nitrogens with zero attached hydrogens (tertiary/aromatic N) is 1. The number of nitrogens with one attached hydrogen (secondary N) is 1. The second-order valence-corrected chi connectivity index (χ2v) is 4.99. The van der Waals surface area contributed by atoms with Gasteiger partial charge in [0.15, 0.2) is 11.3 Å². The fraction of sp³-hybridized carbons (Fsp3) is 0.125. The van der Waals surface area contributed by atoms with Gasteiger partial charge in [-0.25, -0.2) is 9.18 Å². The molecule has 0 unspecified atom stereocenters. The lowest BCUT2D eigenvalue weighted by Gasteiger charge is -2.13. The molecule has 2 aromatic carbocycles. The second-order valence-electron chi connectivity index (χ2n) is 4.99. The van der Waals surface area contributed by atoms with Crippen LogP contribution in [0, 0.1) is 19.7 Å². The van der Waals surface area contributed by atoms with Crippen molar-refractivity contribution in [2.45, 2.75) is 13.8 Å². The number of hydrogen-bond acceptors (Lipinski definition) is 4. The fourth-order valence-corrected chi connectivity index (χ4v) is 2.30. The Morgan fingerprint density at radius 1 is 1.32 bits per heavy atom. The summed E-state index contributed by atoms with van der Waals surface area (Å²) >= 11 is 0. The Hall–Kier alpha value is -2.89. The summed E-state index contributed by atoms with van der Waals surface area (Å²) in [7, 11) is 0. The van der Waals surface area contributed by atoms with Crippen LogP contribution in [0.25, 0.3) is 10.9 Å². The molecule has 2 N–H and O–H groups in total. The van der Waals surface area contributed by atoms with Gasteiger partial charge in [0.05, 0.1) is 11.3 Å². The Morgan fingerprint density at radius 3 is 2.73 bits per heavy atom. The van der Waals surface area contributed by atoms with E-state index < -0.39 is 11.8 Å². The molecule has 6 heteroatoms. The number of para-hydroxylation sites is 1. The van der Waals surface area contributed by atoms with E-state index in [-0.39, 0.29) is 16.8 Å². The van der Waals surface area contributed by atoms with Gasteiger partial charge in [0.1, 0.15) is 5.76 Å². The molecule has 0 aliphatic heterocycles. The van der Waals surface area contributed by atoms with Crippen LogP contribution in [0.4, 0.5) is 15.8 Å². The van der Waals surface area contributed by atoms with E-state index >= 15 is 0 Å². The molecule has 0 saturated carbocycles. The molecule has 0 bridgehead atoms. The molecule has 5 nitrogen and oxygen atoms in total. The molecule has 0 saturated heterocycles. The van der Waals surface area contributed by atoms with Gasteiger partial charge in [0, 0.05) is 11.1 Å². The number of halogens is 1. The van der Waals surface area contributed by atoms with E-state index in [1.807, 2.05) is 19.1 Å². The Morgan fingerprint density at radius 2 is 2.05 bits per heavy atom. The Kier molecular flexibility index (Phi) is 3.29. The summed E-state index contributed by atoms with van der Waals surface area (Å²) in [5.41, 5.74) is 1.22. The number of carbonyl (C=O) groups is 1. The number of fused-ring (bicyclic) bond motifs is 1. The lowest BCUT2D eigenvalue weighted by atomic mass is 10.1. The first kappa shape index (κ1) is 14.1. The zero-order valence-electron chi connectivity index (χ0n) is 12.0. The van der Waals surface area contributed by atoms with E-state index in [1.54, 1.807) is 19.1 Å². The molecule has 0 atom stereocenters. The van der Waals surface area contributed by atoms with Crippen LogP contribution >= 0.6 is 0 Å². The first-order chi connectivity index (χ1) is 10.5. The SMILES string of the molecule is Cc1ccccc1Nc1c(C(=O)O)cc2c(C)onc2c1F. The molecule has 112 valence electrons. The van der Waals surface area contributed by atoms with E-state index in [2.05, 4.69) is 10.5 Å². The molecular weight excluding hydrogens is 287 g/mol. The number of benzene rings is 2. The average Bonchev–Trinajstić information content (AvgIpc) is 2.85. The average molecular weight is 300 g/mol. The molecule has 0 aliphatic rings. The van der Waals surface area contributed by atoms with Crippen LogP contribution in [0.15, 0.2) is 34.9 Å². The largest absolute Gasteiger partial charge is 0.478 e. The maximum Gasteiger partial charge on any atom is 0.337 e. The predicted octanol–water partition coefficient (Wildman–Crippen LogP) is 4.03.